The first-order valence-electron chi connectivity index (χ1n) is 12.3. The van der Waals surface area contributed by atoms with Gasteiger partial charge >= 0.3 is 0 Å². The molecule has 0 radical (unpaired) electrons. The molecule has 7 heteroatoms. The number of halogens is 1. The first-order valence-corrected chi connectivity index (χ1v) is 15.1. The topological polar surface area (TPSA) is 43.6 Å². The molecule has 186 valence electrons. The number of hydrogen-bond acceptors (Lipinski definition) is 5. The molecular weight excluding hydrogens is 564 g/mol. The zero-order chi connectivity index (χ0) is 25.5. The summed E-state index contributed by atoms with van der Waals surface area (Å²) in [4.78, 5) is 21.0. The molecule has 4 nitrogen and oxygen atoms in total. The standard InChI is InChI=1S/C30H25BrN2O2S2/c1-3-35-25-15-8-18(16-24(25)31)17-26-29(34)33-28(20-9-12-21(36-2)13-10-20)23-14-11-19-6-4-5-7-22(19)27(23)32-30(33)37-26/h4-10,12-13,15-17,28H,3,11,14H2,1-2H3. The number of fused-ring (bicyclic) bond motifs is 3. The third kappa shape index (κ3) is 4.43. The Morgan fingerprint density at radius 1 is 1.14 bits per heavy atom. The second-order valence-electron chi connectivity index (χ2n) is 9.01. The predicted molar refractivity (Wildman–Crippen MR) is 156 cm³/mol. The van der Waals surface area contributed by atoms with Gasteiger partial charge < -0.3 is 4.74 Å². The number of allylic oxidation sites excluding steroid dienone is 1. The van der Waals surface area contributed by atoms with E-state index in [1.54, 1.807) is 11.8 Å². The number of thioether (sulfide) groups is 1. The van der Waals surface area contributed by atoms with Gasteiger partial charge in [-0.2, -0.15) is 0 Å². The van der Waals surface area contributed by atoms with Gasteiger partial charge in [-0.15, -0.1) is 11.8 Å². The van der Waals surface area contributed by atoms with Crippen LogP contribution in [-0.2, 0) is 6.42 Å². The number of thiazole rings is 1. The van der Waals surface area contributed by atoms with Crippen LogP contribution in [0.15, 0.2) is 91.5 Å². The minimum atomic E-state index is -0.162. The molecule has 2 aliphatic rings. The molecule has 2 heterocycles. The van der Waals surface area contributed by atoms with Crippen LogP contribution in [0.25, 0.3) is 11.8 Å². The lowest BCUT2D eigenvalue weighted by molar-refractivity contribution is 0.338. The number of nitrogens with zero attached hydrogens (tertiary/aromatic N) is 2. The van der Waals surface area contributed by atoms with Crippen LogP contribution in [0.3, 0.4) is 0 Å². The molecule has 37 heavy (non-hydrogen) atoms. The monoisotopic (exact) mass is 588 g/mol. The van der Waals surface area contributed by atoms with E-state index >= 15 is 0 Å². The highest BCUT2D eigenvalue weighted by atomic mass is 79.9. The molecule has 6 rings (SSSR count). The smallest absolute Gasteiger partial charge is 0.271 e. The Labute approximate surface area is 232 Å². The quantitative estimate of drug-likeness (QED) is 0.261. The SMILES string of the molecule is CCOc1ccc(C=c2sc3n(c2=O)C(c2ccc(SC)cc2)C2=C(N=3)c3ccccc3CC2)cc1Br. The van der Waals surface area contributed by atoms with Crippen LogP contribution < -0.4 is 19.6 Å². The van der Waals surface area contributed by atoms with Gasteiger partial charge in [0.15, 0.2) is 4.80 Å². The zero-order valence-corrected chi connectivity index (χ0v) is 23.8. The van der Waals surface area contributed by atoms with Crippen LogP contribution >= 0.6 is 39.0 Å². The van der Waals surface area contributed by atoms with E-state index in [2.05, 4.69) is 70.7 Å². The van der Waals surface area contributed by atoms with Crippen LogP contribution in [0.4, 0.5) is 0 Å². The Hall–Kier alpha value is -2.87. The van der Waals surface area contributed by atoms with Gasteiger partial charge in [0.2, 0.25) is 0 Å². The summed E-state index contributed by atoms with van der Waals surface area (Å²) in [6.45, 7) is 2.56. The van der Waals surface area contributed by atoms with E-state index in [9.17, 15) is 4.79 Å². The minimum absolute atomic E-state index is 0.00175. The second-order valence-corrected chi connectivity index (χ2v) is 11.8. The van der Waals surface area contributed by atoms with Crippen LogP contribution in [0, 0.1) is 0 Å². The summed E-state index contributed by atoms with van der Waals surface area (Å²) < 4.78 is 9.10. The third-order valence-corrected chi connectivity index (χ3v) is 9.20. The Kier molecular flexibility index (Phi) is 6.69. The number of aryl methyl sites for hydroxylation is 1. The van der Waals surface area contributed by atoms with Crippen molar-refractivity contribution in [1.82, 2.24) is 4.57 Å². The fourth-order valence-electron chi connectivity index (χ4n) is 5.14. The third-order valence-electron chi connectivity index (χ3n) is 6.86. The molecule has 0 N–H and O–H groups in total. The average Bonchev–Trinajstić information content (AvgIpc) is 3.23. The van der Waals surface area contributed by atoms with Crippen molar-refractivity contribution in [2.24, 2.45) is 4.99 Å². The van der Waals surface area contributed by atoms with Crippen molar-refractivity contribution in [2.75, 3.05) is 12.9 Å². The highest BCUT2D eigenvalue weighted by Crippen LogP contribution is 2.41. The van der Waals surface area contributed by atoms with Gasteiger partial charge in [-0.1, -0.05) is 53.8 Å². The molecule has 0 spiro atoms. The van der Waals surface area contributed by atoms with Crippen molar-refractivity contribution >= 4 is 50.8 Å². The lowest BCUT2D eigenvalue weighted by atomic mass is 9.83. The second kappa shape index (κ2) is 10.1. The predicted octanol–water partition coefficient (Wildman–Crippen LogP) is 6.20. The fourth-order valence-corrected chi connectivity index (χ4v) is 7.06. The molecule has 0 saturated carbocycles. The molecule has 0 fully saturated rings. The van der Waals surface area contributed by atoms with Gasteiger partial charge in [0.25, 0.3) is 5.56 Å². The van der Waals surface area contributed by atoms with Crippen LogP contribution in [0.2, 0.25) is 0 Å². The van der Waals surface area contributed by atoms with E-state index in [-0.39, 0.29) is 11.6 Å². The van der Waals surface area contributed by atoms with Gasteiger partial charge in [-0.05, 0) is 94.6 Å². The number of rotatable bonds is 5. The van der Waals surface area contributed by atoms with Crippen molar-refractivity contribution in [3.63, 3.8) is 0 Å². The highest BCUT2D eigenvalue weighted by molar-refractivity contribution is 9.10. The highest BCUT2D eigenvalue weighted by Gasteiger charge is 2.32. The zero-order valence-electron chi connectivity index (χ0n) is 20.5. The minimum Gasteiger partial charge on any atom is -0.493 e. The van der Waals surface area contributed by atoms with Crippen LogP contribution in [-0.4, -0.2) is 17.4 Å². The van der Waals surface area contributed by atoms with Gasteiger partial charge in [0, 0.05) is 10.5 Å². The molecule has 0 bridgehead atoms. The summed E-state index contributed by atoms with van der Waals surface area (Å²) in [7, 11) is 0. The van der Waals surface area contributed by atoms with Crippen LogP contribution in [0.5, 0.6) is 5.75 Å². The molecule has 0 amide bonds. The van der Waals surface area contributed by atoms with E-state index in [0.29, 0.717) is 11.1 Å². The summed E-state index contributed by atoms with van der Waals surface area (Å²) in [5, 5.41) is 0. The molecule has 4 aromatic rings. The Morgan fingerprint density at radius 3 is 2.70 bits per heavy atom. The maximum Gasteiger partial charge on any atom is 0.271 e. The van der Waals surface area contributed by atoms with Crippen molar-refractivity contribution in [3.05, 3.63) is 119 Å². The van der Waals surface area contributed by atoms with Crippen molar-refractivity contribution in [1.29, 1.82) is 0 Å². The summed E-state index contributed by atoms with van der Waals surface area (Å²) in [5.74, 6) is 0.793. The summed E-state index contributed by atoms with van der Waals surface area (Å²) in [5.41, 5.74) is 6.81. The molecule has 1 aliphatic carbocycles. The van der Waals surface area contributed by atoms with E-state index in [4.69, 9.17) is 9.73 Å². The molecule has 1 atom stereocenters. The van der Waals surface area contributed by atoms with E-state index in [1.165, 1.54) is 32.9 Å². The van der Waals surface area contributed by atoms with Crippen molar-refractivity contribution < 1.29 is 4.74 Å². The maximum absolute atomic E-state index is 13.9. The lowest BCUT2D eigenvalue weighted by Gasteiger charge is -2.30. The first-order chi connectivity index (χ1) is 18.1. The number of hydrogen-bond donors (Lipinski definition) is 0. The Morgan fingerprint density at radius 2 is 1.95 bits per heavy atom. The van der Waals surface area contributed by atoms with E-state index < -0.39 is 0 Å². The molecule has 1 unspecified atom stereocenters. The summed E-state index contributed by atoms with van der Waals surface area (Å²) >= 11 is 6.77. The van der Waals surface area contributed by atoms with Crippen molar-refractivity contribution in [3.8, 4) is 5.75 Å². The first kappa shape index (κ1) is 24.5. The lowest BCUT2D eigenvalue weighted by Crippen LogP contribution is -2.38. The van der Waals surface area contributed by atoms with E-state index in [0.717, 1.165) is 44.7 Å². The van der Waals surface area contributed by atoms with Gasteiger partial charge in [0.1, 0.15) is 5.75 Å². The van der Waals surface area contributed by atoms with E-state index in [1.807, 2.05) is 35.8 Å². The number of aromatic nitrogens is 1. The van der Waals surface area contributed by atoms with Gasteiger partial charge in [0.05, 0.1) is 27.4 Å². The van der Waals surface area contributed by atoms with Crippen molar-refractivity contribution in [2.45, 2.75) is 30.7 Å². The molecule has 1 aromatic heterocycles. The average molecular weight is 590 g/mol. The number of benzene rings is 3. The Balaban J connectivity index is 1.55. The van der Waals surface area contributed by atoms with Crippen LogP contribution in [0.1, 0.15) is 41.6 Å². The maximum atomic E-state index is 13.9. The molecule has 1 aliphatic heterocycles. The van der Waals surface area contributed by atoms with Gasteiger partial charge in [-0.25, -0.2) is 4.99 Å². The number of ether oxygens (including phenoxy) is 1. The normalized spacial score (nSPS) is 16.6. The fraction of sp³-hybridized carbons (Fsp3) is 0.200. The molecule has 0 saturated heterocycles. The molecule has 3 aromatic carbocycles. The summed E-state index contributed by atoms with van der Waals surface area (Å²) in [6.07, 6.45) is 5.87. The molecular formula is C30H25BrN2O2S2. The summed E-state index contributed by atoms with van der Waals surface area (Å²) in [6, 6.07) is 22.9. The largest absolute Gasteiger partial charge is 0.493 e. The van der Waals surface area contributed by atoms with Gasteiger partial charge in [-0.3, -0.25) is 9.36 Å². The Bertz CT molecular complexity index is 1720.